The third-order valence-electron chi connectivity index (χ3n) is 4.73. The number of aliphatic hydroxyl groups is 1. The van der Waals surface area contributed by atoms with Gasteiger partial charge in [0.05, 0.1) is 0 Å². The number of rotatable bonds is 11. The Bertz CT molecular complexity index is 650. The maximum atomic E-state index is 12.1. The second-order valence-corrected chi connectivity index (χ2v) is 6.83. The molecule has 0 aliphatic heterocycles. The van der Waals surface area contributed by atoms with Gasteiger partial charge in [-0.15, -0.1) is 0 Å². The molecule has 146 valence electrons. The van der Waals surface area contributed by atoms with Gasteiger partial charge in [0, 0.05) is 18.8 Å². The number of benzene rings is 1. The highest BCUT2D eigenvalue weighted by molar-refractivity contribution is 5.83. The predicted molar refractivity (Wildman–Crippen MR) is 104 cm³/mol. The number of para-hydroxylation sites is 1. The van der Waals surface area contributed by atoms with Gasteiger partial charge in [-0.3, -0.25) is 9.59 Å². The molecule has 0 bridgehead atoms. The fourth-order valence-electron chi connectivity index (χ4n) is 3.28. The van der Waals surface area contributed by atoms with E-state index < -0.39 is 12.1 Å². The molecule has 1 saturated carbocycles. The van der Waals surface area contributed by atoms with Crippen LogP contribution in [0.4, 0.5) is 0 Å². The minimum atomic E-state index is -0.800. The number of ether oxygens (including phenoxy) is 1. The van der Waals surface area contributed by atoms with E-state index in [4.69, 9.17) is 9.84 Å². The average Bonchev–Trinajstić information content (AvgIpc) is 3.01. The van der Waals surface area contributed by atoms with Crippen molar-refractivity contribution in [2.75, 3.05) is 6.61 Å². The number of carbonyl (C=O) groups is 2. The summed E-state index contributed by atoms with van der Waals surface area (Å²) in [6.07, 6.45) is 10.4. The highest BCUT2D eigenvalue weighted by atomic mass is 16.5. The first-order valence-corrected chi connectivity index (χ1v) is 9.50. The minimum Gasteiger partial charge on any atom is -0.491 e. The third kappa shape index (κ3) is 7.79. The molecule has 0 spiro atoms. The summed E-state index contributed by atoms with van der Waals surface area (Å²) in [5, 5.41) is 18.7. The van der Waals surface area contributed by atoms with Crippen molar-refractivity contribution in [2.45, 2.75) is 44.6 Å². The Labute approximate surface area is 160 Å². The number of carbonyl (C=O) groups excluding carboxylic acids is 1. The Morgan fingerprint density at radius 1 is 1.22 bits per heavy atom. The molecule has 5 heteroatoms. The van der Waals surface area contributed by atoms with Crippen LogP contribution in [-0.4, -0.2) is 34.7 Å². The van der Waals surface area contributed by atoms with Crippen molar-refractivity contribution in [3.63, 3.8) is 0 Å². The molecule has 1 aliphatic rings. The molecule has 0 radical (unpaired) electrons. The molecule has 0 saturated heterocycles. The van der Waals surface area contributed by atoms with E-state index in [-0.39, 0.29) is 30.6 Å². The van der Waals surface area contributed by atoms with Gasteiger partial charge in [-0.1, -0.05) is 42.5 Å². The fraction of sp³-hybridized carbons (Fsp3) is 0.455. The van der Waals surface area contributed by atoms with E-state index in [1.165, 1.54) is 0 Å². The molecule has 2 N–H and O–H groups in total. The highest BCUT2D eigenvalue weighted by Gasteiger charge is 2.32. The predicted octanol–water partition coefficient (Wildman–Crippen LogP) is 3.78. The molecular weight excluding hydrogens is 344 g/mol. The summed E-state index contributed by atoms with van der Waals surface area (Å²) in [5.74, 6) is 0.321. The lowest BCUT2D eigenvalue weighted by molar-refractivity contribution is -0.136. The van der Waals surface area contributed by atoms with Gasteiger partial charge in [0.1, 0.15) is 24.2 Å². The number of hydrogen-bond donors (Lipinski definition) is 2. The summed E-state index contributed by atoms with van der Waals surface area (Å²) in [6, 6.07) is 9.34. The van der Waals surface area contributed by atoms with E-state index in [0.29, 0.717) is 18.6 Å². The summed E-state index contributed by atoms with van der Waals surface area (Å²) < 4.78 is 5.53. The van der Waals surface area contributed by atoms with Crippen molar-refractivity contribution in [3.8, 4) is 5.75 Å². The van der Waals surface area contributed by atoms with Crippen molar-refractivity contribution in [3.05, 3.63) is 54.6 Å². The van der Waals surface area contributed by atoms with Crippen LogP contribution in [0.3, 0.4) is 0 Å². The zero-order valence-electron chi connectivity index (χ0n) is 15.5. The SMILES string of the molecule is O=C(O)CC/C=C\CCC1C(=O)CCC1/C=C/C(O)COc1ccccc1. The third-order valence-corrected chi connectivity index (χ3v) is 4.73. The highest BCUT2D eigenvalue weighted by Crippen LogP contribution is 2.33. The zero-order chi connectivity index (χ0) is 19.5. The average molecular weight is 372 g/mol. The molecular formula is C22H28O5. The Morgan fingerprint density at radius 3 is 2.70 bits per heavy atom. The molecule has 3 atom stereocenters. The van der Waals surface area contributed by atoms with Crippen molar-refractivity contribution in [2.24, 2.45) is 11.8 Å². The molecule has 0 heterocycles. The number of Topliss-reactive ketones (excluding diaryl/α,β-unsaturated/α-hetero) is 1. The maximum Gasteiger partial charge on any atom is 0.303 e. The number of carboxylic acids is 1. The van der Waals surface area contributed by atoms with Crippen molar-refractivity contribution in [1.82, 2.24) is 0 Å². The van der Waals surface area contributed by atoms with Crippen LogP contribution >= 0.6 is 0 Å². The van der Waals surface area contributed by atoms with E-state index in [1.54, 1.807) is 6.08 Å². The van der Waals surface area contributed by atoms with Crippen molar-refractivity contribution in [1.29, 1.82) is 0 Å². The van der Waals surface area contributed by atoms with Crippen molar-refractivity contribution < 1.29 is 24.5 Å². The molecule has 0 amide bonds. The van der Waals surface area contributed by atoms with E-state index in [9.17, 15) is 14.7 Å². The number of aliphatic hydroxyl groups excluding tert-OH is 1. The maximum absolute atomic E-state index is 12.1. The summed E-state index contributed by atoms with van der Waals surface area (Å²) in [6.45, 7) is 0.179. The molecule has 1 aliphatic carbocycles. The van der Waals surface area contributed by atoms with Gasteiger partial charge in [-0.2, -0.15) is 0 Å². The van der Waals surface area contributed by atoms with Gasteiger partial charge < -0.3 is 14.9 Å². The second-order valence-electron chi connectivity index (χ2n) is 6.83. The Kier molecular flexibility index (Phi) is 8.78. The van der Waals surface area contributed by atoms with Crippen LogP contribution in [0.15, 0.2) is 54.6 Å². The number of carboxylic acid groups (broad SMARTS) is 1. The molecule has 1 aromatic rings. The fourth-order valence-corrected chi connectivity index (χ4v) is 3.28. The van der Waals surface area contributed by atoms with Gasteiger partial charge in [-0.25, -0.2) is 0 Å². The zero-order valence-corrected chi connectivity index (χ0v) is 15.5. The van der Waals surface area contributed by atoms with Crippen LogP contribution in [0, 0.1) is 11.8 Å². The summed E-state index contributed by atoms with van der Waals surface area (Å²) >= 11 is 0. The van der Waals surface area contributed by atoms with Crippen LogP contribution in [0.5, 0.6) is 5.75 Å². The Balaban J connectivity index is 1.75. The van der Waals surface area contributed by atoms with Crippen LogP contribution in [-0.2, 0) is 9.59 Å². The number of allylic oxidation sites excluding steroid dienone is 3. The molecule has 5 nitrogen and oxygen atoms in total. The molecule has 1 fully saturated rings. The quantitative estimate of drug-likeness (QED) is 0.578. The monoisotopic (exact) mass is 372 g/mol. The molecule has 0 aromatic heterocycles. The standard InChI is InChI=1S/C22H28O5/c23-18(16-27-19-8-4-3-5-9-19)14-12-17-13-15-21(24)20(17)10-6-1-2-7-11-22(25)26/h1-5,8-9,12,14,17-18,20,23H,6-7,10-11,13,15-16H2,(H,25,26)/b2-1-,14-12+. The second kappa shape index (κ2) is 11.3. The molecule has 1 aromatic carbocycles. The van der Waals surface area contributed by atoms with Gasteiger partial charge >= 0.3 is 5.97 Å². The summed E-state index contributed by atoms with van der Waals surface area (Å²) in [7, 11) is 0. The van der Waals surface area contributed by atoms with Crippen LogP contribution < -0.4 is 4.74 Å². The van der Waals surface area contributed by atoms with Crippen LogP contribution in [0.2, 0.25) is 0 Å². The van der Waals surface area contributed by atoms with Crippen LogP contribution in [0.1, 0.15) is 38.5 Å². The van der Waals surface area contributed by atoms with E-state index >= 15 is 0 Å². The van der Waals surface area contributed by atoms with Gasteiger partial charge in [-0.05, 0) is 43.7 Å². The summed E-state index contributed by atoms with van der Waals surface area (Å²) in [4.78, 5) is 22.6. The minimum absolute atomic E-state index is 0.0207. The smallest absolute Gasteiger partial charge is 0.303 e. The van der Waals surface area contributed by atoms with Crippen LogP contribution in [0.25, 0.3) is 0 Å². The molecule has 27 heavy (non-hydrogen) atoms. The lowest BCUT2D eigenvalue weighted by atomic mass is 9.90. The molecule has 3 unspecified atom stereocenters. The lowest BCUT2D eigenvalue weighted by Gasteiger charge is -2.15. The van der Waals surface area contributed by atoms with Gasteiger partial charge in [0.2, 0.25) is 0 Å². The first-order valence-electron chi connectivity index (χ1n) is 9.50. The first-order chi connectivity index (χ1) is 13.1. The largest absolute Gasteiger partial charge is 0.491 e. The number of ketones is 1. The van der Waals surface area contributed by atoms with Gasteiger partial charge in [0.15, 0.2) is 0 Å². The number of hydrogen-bond acceptors (Lipinski definition) is 4. The van der Waals surface area contributed by atoms with E-state index in [2.05, 4.69) is 0 Å². The van der Waals surface area contributed by atoms with Crippen molar-refractivity contribution >= 4 is 11.8 Å². The first kappa shape index (κ1) is 20.9. The summed E-state index contributed by atoms with van der Waals surface area (Å²) in [5.41, 5.74) is 0. The van der Waals surface area contributed by atoms with E-state index in [1.807, 2.05) is 48.6 Å². The normalized spacial score (nSPS) is 21.1. The number of aliphatic carboxylic acids is 1. The Morgan fingerprint density at radius 2 is 1.96 bits per heavy atom. The topological polar surface area (TPSA) is 83.8 Å². The lowest BCUT2D eigenvalue weighted by Crippen LogP contribution is -2.17. The van der Waals surface area contributed by atoms with E-state index in [0.717, 1.165) is 19.3 Å². The molecule has 2 rings (SSSR count). The Hall–Kier alpha value is -2.40. The van der Waals surface area contributed by atoms with Gasteiger partial charge in [0.25, 0.3) is 0 Å².